The highest BCUT2D eigenvalue weighted by molar-refractivity contribution is 8.15. The van der Waals surface area contributed by atoms with E-state index in [0.717, 1.165) is 28.8 Å². The molecular formula is C11H9F3N2O3S. The van der Waals surface area contributed by atoms with Crippen LogP contribution in [0.1, 0.15) is 0 Å². The number of rotatable bonds is 3. The van der Waals surface area contributed by atoms with Crippen LogP contribution in [0, 0.1) is 0 Å². The van der Waals surface area contributed by atoms with Gasteiger partial charge in [-0.25, -0.2) is 0 Å². The van der Waals surface area contributed by atoms with E-state index in [1.54, 1.807) is 0 Å². The summed E-state index contributed by atoms with van der Waals surface area (Å²) >= 11 is 0.806. The standard InChI is InChI=1S/C11H9F3N2O3S/c1-16-9(17)8(20-10(16)18)15-6-2-4-7(5-3-6)19-11(12,13)14/h2-5,8,15H,1H3. The van der Waals surface area contributed by atoms with Gasteiger partial charge in [-0.15, -0.1) is 13.2 Å². The third-order valence-corrected chi connectivity index (χ3v) is 3.46. The SMILES string of the molecule is CN1C(=O)SC(Nc2ccc(OC(F)(F)F)cc2)C1=O. The van der Waals surface area contributed by atoms with E-state index in [-0.39, 0.29) is 11.0 Å². The number of hydrogen-bond donors (Lipinski definition) is 1. The summed E-state index contributed by atoms with van der Waals surface area (Å²) in [6.07, 6.45) is -4.75. The van der Waals surface area contributed by atoms with Crippen LogP contribution >= 0.6 is 11.8 Å². The Hall–Kier alpha value is -1.90. The van der Waals surface area contributed by atoms with Crippen molar-refractivity contribution in [1.82, 2.24) is 4.90 Å². The number of anilines is 1. The molecule has 1 fully saturated rings. The van der Waals surface area contributed by atoms with Crippen molar-refractivity contribution >= 4 is 28.6 Å². The maximum absolute atomic E-state index is 12.0. The molecule has 1 heterocycles. The van der Waals surface area contributed by atoms with Gasteiger partial charge in [-0.1, -0.05) is 0 Å². The molecule has 0 radical (unpaired) electrons. The predicted octanol–water partition coefficient (Wildman–Crippen LogP) is 2.65. The van der Waals surface area contributed by atoms with Crippen molar-refractivity contribution in [2.24, 2.45) is 0 Å². The first kappa shape index (κ1) is 14.5. The van der Waals surface area contributed by atoms with Crippen molar-refractivity contribution in [3.63, 3.8) is 0 Å². The Labute approximate surface area is 116 Å². The van der Waals surface area contributed by atoms with E-state index in [2.05, 4.69) is 10.1 Å². The van der Waals surface area contributed by atoms with Gasteiger partial charge in [0.15, 0.2) is 5.37 Å². The number of carbonyl (C=O) groups excluding carboxylic acids is 2. The number of halogens is 3. The molecule has 1 atom stereocenters. The molecule has 20 heavy (non-hydrogen) atoms. The Balaban J connectivity index is 2.01. The predicted molar refractivity (Wildman–Crippen MR) is 66.3 cm³/mol. The van der Waals surface area contributed by atoms with Crippen LogP contribution in [0.25, 0.3) is 0 Å². The van der Waals surface area contributed by atoms with E-state index in [4.69, 9.17) is 0 Å². The monoisotopic (exact) mass is 306 g/mol. The minimum atomic E-state index is -4.75. The normalized spacial score (nSPS) is 19.4. The van der Waals surface area contributed by atoms with E-state index in [9.17, 15) is 22.8 Å². The second-order valence-electron chi connectivity index (χ2n) is 3.88. The highest BCUT2D eigenvalue weighted by Gasteiger charge is 2.37. The van der Waals surface area contributed by atoms with Gasteiger partial charge in [0.25, 0.3) is 11.1 Å². The van der Waals surface area contributed by atoms with E-state index in [0.29, 0.717) is 5.69 Å². The molecule has 108 valence electrons. The second kappa shape index (κ2) is 5.23. The zero-order valence-corrected chi connectivity index (χ0v) is 10.9. The Morgan fingerprint density at radius 3 is 2.30 bits per heavy atom. The van der Waals surface area contributed by atoms with Crippen molar-refractivity contribution in [3.05, 3.63) is 24.3 Å². The highest BCUT2D eigenvalue weighted by Crippen LogP contribution is 2.28. The summed E-state index contributed by atoms with van der Waals surface area (Å²) in [5, 5.41) is 1.59. The highest BCUT2D eigenvalue weighted by atomic mass is 32.2. The third kappa shape index (κ3) is 3.35. The van der Waals surface area contributed by atoms with Gasteiger partial charge in [0.2, 0.25) is 0 Å². The van der Waals surface area contributed by atoms with E-state index in [1.807, 2.05) is 0 Å². The number of thioether (sulfide) groups is 1. The summed E-state index contributed by atoms with van der Waals surface area (Å²) < 4.78 is 39.7. The topological polar surface area (TPSA) is 58.6 Å². The van der Waals surface area contributed by atoms with Crippen LogP contribution in [-0.2, 0) is 4.79 Å². The minimum absolute atomic E-state index is 0.360. The quantitative estimate of drug-likeness (QED) is 0.930. The molecule has 5 nitrogen and oxygen atoms in total. The van der Waals surface area contributed by atoms with Gasteiger partial charge in [-0.2, -0.15) is 0 Å². The van der Waals surface area contributed by atoms with Crippen molar-refractivity contribution in [2.45, 2.75) is 11.7 Å². The van der Waals surface area contributed by atoms with Crippen molar-refractivity contribution in [1.29, 1.82) is 0 Å². The fraction of sp³-hybridized carbons (Fsp3) is 0.273. The zero-order valence-electron chi connectivity index (χ0n) is 10.1. The third-order valence-electron chi connectivity index (χ3n) is 2.43. The molecule has 1 aromatic carbocycles. The van der Waals surface area contributed by atoms with Crippen LogP contribution in [-0.4, -0.2) is 34.8 Å². The Bertz CT molecular complexity index is 533. The zero-order chi connectivity index (χ0) is 14.9. The molecule has 0 aliphatic carbocycles. The lowest BCUT2D eigenvalue weighted by Gasteiger charge is -2.12. The smallest absolute Gasteiger partial charge is 0.406 e. The van der Waals surface area contributed by atoms with Crippen LogP contribution in [0.2, 0.25) is 0 Å². The number of imide groups is 1. The summed E-state index contributed by atoms with van der Waals surface area (Å²) in [7, 11) is 1.36. The molecule has 0 spiro atoms. The van der Waals surface area contributed by atoms with Crippen LogP contribution in [0.5, 0.6) is 5.75 Å². The van der Waals surface area contributed by atoms with Crippen LogP contribution in [0.4, 0.5) is 23.7 Å². The Morgan fingerprint density at radius 1 is 1.25 bits per heavy atom. The Morgan fingerprint density at radius 2 is 1.85 bits per heavy atom. The summed E-state index contributed by atoms with van der Waals surface area (Å²) in [4.78, 5) is 23.9. The molecule has 1 aliphatic rings. The fourth-order valence-corrected chi connectivity index (χ4v) is 2.40. The van der Waals surface area contributed by atoms with Crippen LogP contribution in [0.3, 0.4) is 0 Å². The van der Waals surface area contributed by atoms with Gasteiger partial charge < -0.3 is 10.1 Å². The fourth-order valence-electron chi connectivity index (χ4n) is 1.49. The molecule has 1 N–H and O–H groups in total. The summed E-state index contributed by atoms with van der Waals surface area (Å²) in [6, 6.07) is 4.90. The van der Waals surface area contributed by atoms with E-state index in [1.165, 1.54) is 19.2 Å². The van der Waals surface area contributed by atoms with Crippen molar-refractivity contribution in [2.75, 3.05) is 12.4 Å². The molecule has 0 aromatic heterocycles. The number of nitrogens with one attached hydrogen (secondary N) is 1. The molecule has 9 heteroatoms. The van der Waals surface area contributed by atoms with Gasteiger partial charge in [0, 0.05) is 12.7 Å². The average Bonchev–Trinajstić information content (AvgIpc) is 2.58. The van der Waals surface area contributed by atoms with E-state index < -0.39 is 17.6 Å². The van der Waals surface area contributed by atoms with Crippen molar-refractivity contribution < 1.29 is 27.5 Å². The van der Waals surface area contributed by atoms with Crippen LogP contribution < -0.4 is 10.1 Å². The number of hydrogen-bond acceptors (Lipinski definition) is 5. The molecule has 1 saturated heterocycles. The number of benzene rings is 1. The van der Waals surface area contributed by atoms with Gasteiger partial charge >= 0.3 is 6.36 Å². The number of ether oxygens (including phenoxy) is 1. The lowest BCUT2D eigenvalue weighted by atomic mass is 10.3. The first-order valence-corrected chi connectivity index (χ1v) is 6.25. The minimum Gasteiger partial charge on any atom is -0.406 e. The molecule has 2 rings (SSSR count). The van der Waals surface area contributed by atoms with E-state index >= 15 is 0 Å². The number of amides is 2. The molecule has 0 bridgehead atoms. The Kier molecular flexibility index (Phi) is 3.80. The van der Waals surface area contributed by atoms with Gasteiger partial charge in [-0.3, -0.25) is 14.5 Å². The summed E-state index contributed by atoms with van der Waals surface area (Å²) in [5.74, 6) is -0.766. The van der Waals surface area contributed by atoms with Gasteiger partial charge in [0.1, 0.15) is 5.75 Å². The first-order valence-electron chi connectivity index (χ1n) is 5.37. The molecule has 0 saturated carbocycles. The van der Waals surface area contributed by atoms with Gasteiger partial charge in [-0.05, 0) is 36.0 Å². The largest absolute Gasteiger partial charge is 0.573 e. The van der Waals surface area contributed by atoms with Crippen LogP contribution in [0.15, 0.2) is 24.3 Å². The molecule has 1 aromatic rings. The summed E-state index contributed by atoms with van der Waals surface area (Å²) in [6.45, 7) is 0. The number of likely N-dealkylation sites (N-methyl/N-ethyl adjacent to an activating group) is 1. The molecule has 1 unspecified atom stereocenters. The molecular weight excluding hydrogens is 297 g/mol. The number of nitrogens with zero attached hydrogens (tertiary/aromatic N) is 1. The second-order valence-corrected chi connectivity index (χ2v) is 4.93. The maximum atomic E-state index is 12.0. The number of carbonyl (C=O) groups is 2. The lowest BCUT2D eigenvalue weighted by Crippen LogP contribution is -2.31. The molecule has 1 aliphatic heterocycles. The molecule has 2 amide bonds. The number of alkyl halides is 3. The maximum Gasteiger partial charge on any atom is 0.573 e. The first-order chi connectivity index (χ1) is 9.26. The lowest BCUT2D eigenvalue weighted by molar-refractivity contribution is -0.274. The average molecular weight is 306 g/mol. The van der Waals surface area contributed by atoms with Crippen molar-refractivity contribution in [3.8, 4) is 5.75 Å². The van der Waals surface area contributed by atoms with Gasteiger partial charge in [0.05, 0.1) is 0 Å². The summed E-state index contributed by atoms with van der Waals surface area (Å²) in [5.41, 5.74) is 0.411.